The number of anilines is 2. The maximum atomic E-state index is 13.1. The Kier molecular flexibility index (Phi) is 7.26. The van der Waals surface area contributed by atoms with Crippen LogP contribution in [0.2, 0.25) is 0 Å². The van der Waals surface area contributed by atoms with E-state index in [4.69, 9.17) is 0 Å². The summed E-state index contributed by atoms with van der Waals surface area (Å²) in [4.78, 5) is 31.2. The van der Waals surface area contributed by atoms with E-state index in [-0.39, 0.29) is 24.2 Å². The number of carbonyl (C=O) groups excluding carboxylic acids is 2. The molecule has 2 N–H and O–H groups in total. The number of piperazine rings is 1. The molecule has 0 spiro atoms. The number of thiophene rings is 1. The van der Waals surface area contributed by atoms with Crippen molar-refractivity contribution in [2.45, 2.75) is 6.54 Å². The minimum atomic E-state index is -0.372. The first-order valence-corrected chi connectivity index (χ1v) is 11.4. The molecule has 0 saturated carbocycles. The van der Waals surface area contributed by atoms with E-state index in [1.807, 2.05) is 0 Å². The van der Waals surface area contributed by atoms with Crippen LogP contribution in [0.25, 0.3) is 0 Å². The molecule has 8 heteroatoms. The summed E-state index contributed by atoms with van der Waals surface area (Å²) in [5.74, 6) is -0.892. The number of benzene rings is 2. The highest BCUT2D eigenvalue weighted by atomic mass is 32.1. The molecular formula is C24H25FN4O2S. The van der Waals surface area contributed by atoms with E-state index in [0.29, 0.717) is 16.9 Å². The standard InChI is InChI=1S/C24H25FN4O2S/c25-18-7-9-19(10-8-18)26-24(31)21-5-1-2-6-22(21)27-23(30)17-29-13-11-28(12-14-29)16-20-4-3-15-32-20/h1-10,15H,11-14,16-17H2,(H,26,31)(H,27,30). The van der Waals surface area contributed by atoms with Crippen LogP contribution >= 0.6 is 11.3 Å². The van der Waals surface area contributed by atoms with Crippen molar-refractivity contribution in [3.8, 4) is 0 Å². The summed E-state index contributed by atoms with van der Waals surface area (Å²) in [6.07, 6.45) is 0. The summed E-state index contributed by atoms with van der Waals surface area (Å²) in [5, 5.41) is 7.69. The molecule has 166 valence electrons. The molecule has 0 unspecified atom stereocenters. The van der Waals surface area contributed by atoms with Gasteiger partial charge >= 0.3 is 0 Å². The molecule has 2 aromatic carbocycles. The van der Waals surface area contributed by atoms with Crippen LogP contribution in [-0.4, -0.2) is 54.3 Å². The number of hydrogen-bond acceptors (Lipinski definition) is 5. The van der Waals surface area contributed by atoms with Gasteiger partial charge in [0.15, 0.2) is 0 Å². The zero-order valence-electron chi connectivity index (χ0n) is 17.6. The molecule has 4 rings (SSSR count). The Hall–Kier alpha value is -3.07. The average Bonchev–Trinajstić information content (AvgIpc) is 3.30. The van der Waals surface area contributed by atoms with Gasteiger partial charge in [0.25, 0.3) is 5.91 Å². The van der Waals surface area contributed by atoms with Crippen LogP contribution in [0.5, 0.6) is 0 Å². The van der Waals surface area contributed by atoms with Gasteiger partial charge in [0.1, 0.15) is 5.82 Å². The third-order valence-corrected chi connectivity index (χ3v) is 6.20. The molecule has 3 aromatic rings. The molecular weight excluding hydrogens is 427 g/mol. The second-order valence-electron chi connectivity index (χ2n) is 7.69. The Morgan fingerprint density at radius 3 is 2.31 bits per heavy atom. The highest BCUT2D eigenvalue weighted by Gasteiger charge is 2.20. The Labute approximate surface area is 190 Å². The summed E-state index contributed by atoms with van der Waals surface area (Å²) in [7, 11) is 0. The molecule has 1 aliphatic heterocycles. The normalized spacial score (nSPS) is 14.8. The fraction of sp³-hybridized carbons (Fsp3) is 0.250. The lowest BCUT2D eigenvalue weighted by Crippen LogP contribution is -2.48. The second kappa shape index (κ2) is 10.5. The van der Waals surface area contributed by atoms with Crippen LogP contribution in [0.3, 0.4) is 0 Å². The predicted molar refractivity (Wildman–Crippen MR) is 125 cm³/mol. The third-order valence-electron chi connectivity index (χ3n) is 5.34. The van der Waals surface area contributed by atoms with Gasteiger partial charge in [-0.25, -0.2) is 4.39 Å². The van der Waals surface area contributed by atoms with Crippen molar-refractivity contribution >= 4 is 34.5 Å². The highest BCUT2D eigenvalue weighted by Crippen LogP contribution is 2.18. The molecule has 0 aliphatic carbocycles. The van der Waals surface area contributed by atoms with Crippen molar-refractivity contribution in [2.75, 3.05) is 43.4 Å². The van der Waals surface area contributed by atoms with E-state index >= 15 is 0 Å². The van der Waals surface area contributed by atoms with E-state index in [1.165, 1.54) is 29.1 Å². The zero-order valence-corrected chi connectivity index (χ0v) is 18.4. The largest absolute Gasteiger partial charge is 0.324 e. The Balaban J connectivity index is 1.30. The minimum absolute atomic E-state index is 0.154. The van der Waals surface area contributed by atoms with Gasteiger partial charge in [-0.2, -0.15) is 0 Å². The van der Waals surface area contributed by atoms with Gasteiger partial charge in [0.05, 0.1) is 17.8 Å². The predicted octanol–water partition coefficient (Wildman–Crippen LogP) is 3.90. The number of rotatable bonds is 7. The van der Waals surface area contributed by atoms with Crippen molar-refractivity contribution in [2.24, 2.45) is 0 Å². The summed E-state index contributed by atoms with van der Waals surface area (Å²) >= 11 is 1.77. The molecule has 2 heterocycles. The summed E-state index contributed by atoms with van der Waals surface area (Å²) in [6, 6.07) is 16.6. The topological polar surface area (TPSA) is 64.7 Å². The van der Waals surface area contributed by atoms with E-state index in [2.05, 4.69) is 37.9 Å². The van der Waals surface area contributed by atoms with Crippen LogP contribution in [0.1, 0.15) is 15.2 Å². The number of nitrogens with one attached hydrogen (secondary N) is 2. The van der Waals surface area contributed by atoms with E-state index in [9.17, 15) is 14.0 Å². The van der Waals surface area contributed by atoms with E-state index < -0.39 is 0 Å². The Morgan fingerprint density at radius 2 is 1.59 bits per heavy atom. The van der Waals surface area contributed by atoms with Crippen molar-refractivity contribution in [1.29, 1.82) is 0 Å². The van der Waals surface area contributed by atoms with Crippen LogP contribution < -0.4 is 10.6 Å². The zero-order chi connectivity index (χ0) is 22.3. The molecule has 1 saturated heterocycles. The van der Waals surface area contributed by atoms with Gasteiger partial charge in [-0.15, -0.1) is 11.3 Å². The fourth-order valence-corrected chi connectivity index (χ4v) is 4.39. The van der Waals surface area contributed by atoms with E-state index in [0.717, 1.165) is 32.7 Å². The van der Waals surface area contributed by atoms with Gasteiger partial charge in [0.2, 0.25) is 5.91 Å². The number of halogens is 1. The van der Waals surface area contributed by atoms with Crippen LogP contribution in [0.15, 0.2) is 66.0 Å². The smallest absolute Gasteiger partial charge is 0.257 e. The van der Waals surface area contributed by atoms with E-state index in [1.54, 1.807) is 35.6 Å². The summed E-state index contributed by atoms with van der Waals surface area (Å²) in [5.41, 5.74) is 1.29. The average molecular weight is 453 g/mol. The lowest BCUT2D eigenvalue weighted by Gasteiger charge is -2.34. The summed E-state index contributed by atoms with van der Waals surface area (Å²) < 4.78 is 13.1. The molecule has 32 heavy (non-hydrogen) atoms. The molecule has 1 fully saturated rings. The first-order chi connectivity index (χ1) is 15.6. The van der Waals surface area contributed by atoms with Gasteiger partial charge < -0.3 is 10.6 Å². The van der Waals surface area contributed by atoms with Crippen molar-refractivity contribution < 1.29 is 14.0 Å². The molecule has 0 bridgehead atoms. The lowest BCUT2D eigenvalue weighted by molar-refractivity contribution is -0.117. The monoisotopic (exact) mass is 452 g/mol. The first kappa shape index (κ1) is 22.1. The first-order valence-electron chi connectivity index (χ1n) is 10.5. The SMILES string of the molecule is O=C(CN1CCN(Cc2cccs2)CC1)Nc1ccccc1C(=O)Nc1ccc(F)cc1. The van der Waals surface area contributed by atoms with Gasteiger partial charge in [0, 0.05) is 43.3 Å². The van der Waals surface area contributed by atoms with Crippen molar-refractivity contribution in [3.05, 3.63) is 82.3 Å². The number of carbonyl (C=O) groups is 2. The minimum Gasteiger partial charge on any atom is -0.324 e. The van der Waals surface area contributed by atoms with Gasteiger partial charge in [-0.05, 0) is 47.8 Å². The van der Waals surface area contributed by atoms with Crippen molar-refractivity contribution in [1.82, 2.24) is 9.80 Å². The quantitative estimate of drug-likeness (QED) is 0.571. The number of para-hydroxylation sites is 1. The molecule has 1 aromatic heterocycles. The molecule has 0 radical (unpaired) electrons. The maximum absolute atomic E-state index is 13.1. The molecule has 2 amide bonds. The summed E-state index contributed by atoms with van der Waals surface area (Å²) in [6.45, 7) is 4.72. The number of hydrogen-bond donors (Lipinski definition) is 2. The lowest BCUT2D eigenvalue weighted by atomic mass is 10.1. The van der Waals surface area contributed by atoms with Gasteiger partial charge in [-0.3, -0.25) is 19.4 Å². The number of amides is 2. The van der Waals surface area contributed by atoms with Crippen molar-refractivity contribution in [3.63, 3.8) is 0 Å². The molecule has 6 nitrogen and oxygen atoms in total. The maximum Gasteiger partial charge on any atom is 0.257 e. The fourth-order valence-electron chi connectivity index (χ4n) is 3.64. The van der Waals surface area contributed by atoms with Crippen LogP contribution in [-0.2, 0) is 11.3 Å². The highest BCUT2D eigenvalue weighted by molar-refractivity contribution is 7.09. The molecule has 1 aliphatic rings. The Bertz CT molecular complexity index is 1050. The van der Waals surface area contributed by atoms with Crippen LogP contribution in [0, 0.1) is 5.82 Å². The van der Waals surface area contributed by atoms with Gasteiger partial charge in [-0.1, -0.05) is 18.2 Å². The third kappa shape index (κ3) is 6.00. The molecule has 0 atom stereocenters. The number of nitrogens with zero attached hydrogens (tertiary/aromatic N) is 2. The second-order valence-corrected chi connectivity index (χ2v) is 8.72. The van der Waals surface area contributed by atoms with Crippen LogP contribution in [0.4, 0.5) is 15.8 Å². The Morgan fingerprint density at radius 1 is 0.875 bits per heavy atom.